The quantitative estimate of drug-likeness (QED) is 0.423. The normalized spacial score (nSPS) is 25.2. The average Bonchev–Trinajstić information content (AvgIpc) is 3.53. The molecule has 2 saturated heterocycles. The summed E-state index contributed by atoms with van der Waals surface area (Å²) in [5.41, 5.74) is 0.907. The maximum absolute atomic E-state index is 14.1. The molecule has 3 aliphatic heterocycles. The molecule has 5 heterocycles. The molecule has 1 amide bonds. The predicted molar refractivity (Wildman–Crippen MR) is 155 cm³/mol. The van der Waals surface area contributed by atoms with Gasteiger partial charge in [0.15, 0.2) is 5.65 Å². The number of nitrogens with one attached hydrogen (secondary N) is 1. The van der Waals surface area contributed by atoms with E-state index in [4.69, 9.17) is 4.74 Å². The lowest BCUT2D eigenvalue weighted by Gasteiger charge is -2.43. The van der Waals surface area contributed by atoms with Crippen molar-refractivity contribution in [3.05, 3.63) is 48.2 Å². The van der Waals surface area contributed by atoms with Gasteiger partial charge < -0.3 is 15.0 Å². The molecule has 0 saturated carbocycles. The van der Waals surface area contributed by atoms with Crippen LogP contribution in [0.15, 0.2) is 46.5 Å². The fourth-order valence-electron chi connectivity index (χ4n) is 6.46. The Hall–Kier alpha value is -2.97. The number of fused-ring (bicyclic) bond motifs is 3. The van der Waals surface area contributed by atoms with Crippen molar-refractivity contribution < 1.29 is 22.3 Å². The molecule has 1 N–H and O–H groups in total. The van der Waals surface area contributed by atoms with Gasteiger partial charge in [0.25, 0.3) is 0 Å². The van der Waals surface area contributed by atoms with Gasteiger partial charge in [-0.2, -0.15) is 5.10 Å². The first-order valence-electron chi connectivity index (χ1n) is 14.4. The van der Waals surface area contributed by atoms with Gasteiger partial charge in [-0.1, -0.05) is 13.8 Å². The molecule has 13 heteroatoms. The van der Waals surface area contributed by atoms with E-state index >= 15 is 0 Å². The zero-order chi connectivity index (χ0) is 29.8. The van der Waals surface area contributed by atoms with Crippen molar-refractivity contribution in [2.75, 3.05) is 57.4 Å². The number of sulfone groups is 1. The van der Waals surface area contributed by atoms with Crippen molar-refractivity contribution in [2.24, 2.45) is 0 Å². The van der Waals surface area contributed by atoms with Gasteiger partial charge in [0, 0.05) is 56.3 Å². The van der Waals surface area contributed by atoms with E-state index in [1.807, 2.05) is 13.8 Å². The van der Waals surface area contributed by atoms with Crippen molar-refractivity contribution in [3.8, 4) is 0 Å². The SMILES string of the molecule is C[C@@H]1CN(CC(=O)N2CC(C)(C)c3c2cc(S(=O)(=O)c2ccc(F)cc2)c2ncnn32)[C@@H](CN2CCOC[C@H]2C)CN1. The lowest BCUT2D eigenvalue weighted by Crippen LogP contribution is -2.62. The van der Waals surface area contributed by atoms with E-state index in [9.17, 15) is 17.6 Å². The minimum Gasteiger partial charge on any atom is -0.379 e. The second kappa shape index (κ2) is 10.9. The number of benzene rings is 1. The molecule has 3 aromatic rings. The Morgan fingerprint density at radius 3 is 2.69 bits per heavy atom. The fourth-order valence-corrected chi connectivity index (χ4v) is 7.86. The van der Waals surface area contributed by atoms with Crippen LogP contribution in [0.2, 0.25) is 0 Å². The number of carbonyl (C=O) groups excluding carboxylic acids is 1. The first-order valence-corrected chi connectivity index (χ1v) is 15.9. The van der Waals surface area contributed by atoms with Gasteiger partial charge in [0.05, 0.1) is 36.0 Å². The highest BCUT2D eigenvalue weighted by molar-refractivity contribution is 7.91. The van der Waals surface area contributed by atoms with Crippen LogP contribution in [0.25, 0.3) is 5.65 Å². The highest BCUT2D eigenvalue weighted by Gasteiger charge is 2.43. The number of rotatable bonds is 6. The molecule has 1 aromatic carbocycles. The van der Waals surface area contributed by atoms with Crippen molar-refractivity contribution in [3.63, 3.8) is 0 Å². The van der Waals surface area contributed by atoms with Gasteiger partial charge in [-0.25, -0.2) is 22.3 Å². The standard InChI is InChI=1S/C29H38FN7O4S/c1-19-13-35(22(12-31-19)14-34-9-10-41-16-20(34)2)15-26(38)36-17-29(3,4)27-24(36)11-25(28-32-18-33-37(27)28)42(39,40)23-7-5-21(30)6-8-23/h5-8,11,18-20,22,31H,9-10,12-17H2,1-4H3/t19-,20-,22-/m1/s1. The van der Waals surface area contributed by atoms with E-state index in [1.165, 1.54) is 29.0 Å². The maximum Gasteiger partial charge on any atom is 0.241 e. The first-order chi connectivity index (χ1) is 20.0. The van der Waals surface area contributed by atoms with E-state index in [0.717, 1.165) is 44.0 Å². The molecule has 11 nitrogen and oxygen atoms in total. The third kappa shape index (κ3) is 5.21. The van der Waals surface area contributed by atoms with E-state index in [0.29, 0.717) is 31.5 Å². The summed E-state index contributed by atoms with van der Waals surface area (Å²) >= 11 is 0. The minimum absolute atomic E-state index is 0.0566. The van der Waals surface area contributed by atoms with Gasteiger partial charge in [-0.15, -0.1) is 0 Å². The molecule has 0 spiro atoms. The second-order valence-electron chi connectivity index (χ2n) is 12.4. The lowest BCUT2D eigenvalue weighted by molar-refractivity contribution is -0.121. The Balaban J connectivity index is 1.34. The summed E-state index contributed by atoms with van der Waals surface area (Å²) in [4.78, 5) is 24.6. The summed E-state index contributed by atoms with van der Waals surface area (Å²) in [6.07, 6.45) is 1.32. The third-order valence-electron chi connectivity index (χ3n) is 8.71. The molecular formula is C29H38FN7O4S. The minimum atomic E-state index is -4.09. The number of pyridine rings is 1. The molecule has 0 unspecified atom stereocenters. The Labute approximate surface area is 245 Å². The lowest BCUT2D eigenvalue weighted by atomic mass is 9.91. The van der Waals surface area contributed by atoms with Crippen molar-refractivity contribution in [2.45, 2.75) is 61.0 Å². The average molecular weight is 600 g/mol. The highest BCUT2D eigenvalue weighted by atomic mass is 32.2. The molecule has 6 rings (SSSR count). The van der Waals surface area contributed by atoms with Crippen LogP contribution in [0.5, 0.6) is 0 Å². The van der Waals surface area contributed by atoms with Gasteiger partial charge in [-0.3, -0.25) is 14.6 Å². The first kappa shape index (κ1) is 29.1. The van der Waals surface area contributed by atoms with Crippen LogP contribution in [-0.2, 0) is 24.8 Å². The summed E-state index contributed by atoms with van der Waals surface area (Å²) in [7, 11) is -4.09. The number of hydrogen-bond donors (Lipinski definition) is 1. The smallest absolute Gasteiger partial charge is 0.241 e. The van der Waals surface area contributed by atoms with Gasteiger partial charge in [-0.05, 0) is 44.2 Å². The number of anilines is 1. The van der Waals surface area contributed by atoms with E-state index in [1.54, 1.807) is 4.90 Å². The third-order valence-corrected chi connectivity index (χ3v) is 10.5. The Bertz CT molecular complexity index is 1590. The molecule has 2 fully saturated rings. The molecule has 42 heavy (non-hydrogen) atoms. The van der Waals surface area contributed by atoms with Crippen molar-refractivity contribution >= 4 is 27.1 Å². The van der Waals surface area contributed by atoms with Crippen LogP contribution in [0, 0.1) is 5.82 Å². The summed E-state index contributed by atoms with van der Waals surface area (Å²) in [6, 6.07) is 6.93. The number of carbonyl (C=O) groups is 1. The molecule has 3 aliphatic rings. The number of aromatic nitrogens is 3. The Morgan fingerprint density at radius 1 is 1.19 bits per heavy atom. The van der Waals surface area contributed by atoms with Gasteiger partial charge >= 0.3 is 0 Å². The Morgan fingerprint density at radius 2 is 1.95 bits per heavy atom. The molecule has 0 aliphatic carbocycles. The zero-order valence-corrected chi connectivity index (χ0v) is 25.3. The van der Waals surface area contributed by atoms with Crippen LogP contribution < -0.4 is 10.2 Å². The molecule has 226 valence electrons. The molecule has 0 radical (unpaired) electrons. The topological polar surface area (TPSA) is 112 Å². The fraction of sp³-hybridized carbons (Fsp3) is 0.552. The number of ether oxygens (including phenoxy) is 1. The molecule has 3 atom stereocenters. The number of amides is 1. The van der Waals surface area contributed by atoms with Crippen LogP contribution >= 0.6 is 0 Å². The number of piperazine rings is 1. The Kier molecular flexibility index (Phi) is 7.59. The van der Waals surface area contributed by atoms with E-state index in [-0.39, 0.29) is 40.0 Å². The summed E-state index contributed by atoms with van der Waals surface area (Å²) in [6.45, 7) is 13.5. The largest absolute Gasteiger partial charge is 0.379 e. The van der Waals surface area contributed by atoms with Crippen LogP contribution in [-0.4, -0.2) is 109 Å². The zero-order valence-electron chi connectivity index (χ0n) is 24.5. The molecule has 0 bridgehead atoms. The molecular weight excluding hydrogens is 561 g/mol. The number of nitrogens with zero attached hydrogens (tertiary/aromatic N) is 6. The van der Waals surface area contributed by atoms with Gasteiger partial charge in [0.1, 0.15) is 17.0 Å². The molecule has 2 aromatic heterocycles. The van der Waals surface area contributed by atoms with Crippen LogP contribution in [0.1, 0.15) is 33.4 Å². The number of halogens is 1. The van der Waals surface area contributed by atoms with E-state index in [2.05, 4.69) is 39.0 Å². The number of hydrogen-bond acceptors (Lipinski definition) is 9. The van der Waals surface area contributed by atoms with Crippen LogP contribution in [0.3, 0.4) is 0 Å². The van der Waals surface area contributed by atoms with Crippen molar-refractivity contribution in [1.82, 2.24) is 29.7 Å². The van der Waals surface area contributed by atoms with Gasteiger partial charge in [0.2, 0.25) is 15.7 Å². The summed E-state index contributed by atoms with van der Waals surface area (Å²) in [5.74, 6) is -0.627. The van der Waals surface area contributed by atoms with Crippen molar-refractivity contribution in [1.29, 1.82) is 0 Å². The maximum atomic E-state index is 14.1. The second-order valence-corrected chi connectivity index (χ2v) is 14.3. The predicted octanol–water partition coefficient (Wildman–Crippen LogP) is 1.71. The van der Waals surface area contributed by atoms with Crippen LogP contribution in [0.4, 0.5) is 10.1 Å². The monoisotopic (exact) mass is 599 g/mol. The summed E-state index contributed by atoms with van der Waals surface area (Å²) < 4.78 is 48.3. The van der Waals surface area contributed by atoms with E-state index < -0.39 is 21.1 Å². The summed E-state index contributed by atoms with van der Waals surface area (Å²) in [5, 5.41) is 7.95. The highest BCUT2D eigenvalue weighted by Crippen LogP contribution is 2.43. The number of morpholine rings is 1.